The number of Topliss-reactive ketones (excluding diaryl/α,β-unsaturated/α-hetero) is 2. The highest BCUT2D eigenvalue weighted by Gasteiger charge is 2.54. The lowest BCUT2D eigenvalue weighted by Crippen LogP contribution is -2.29. The summed E-state index contributed by atoms with van der Waals surface area (Å²) in [5.74, 6) is -0.335. The van der Waals surface area contributed by atoms with Crippen molar-refractivity contribution >= 4 is 132 Å². The van der Waals surface area contributed by atoms with Crippen LogP contribution in [-0.2, 0) is 17.3 Å². The molecule has 478 valence electrons. The Morgan fingerprint density at radius 3 is 1.35 bits per heavy atom. The van der Waals surface area contributed by atoms with Gasteiger partial charge in [0.2, 0.25) is 0 Å². The molecule has 0 amide bonds. The first kappa shape index (κ1) is 62.6. The number of ketones is 2. The molecule has 0 unspecified atom stereocenters. The lowest BCUT2D eigenvalue weighted by molar-refractivity contribution is 0.103. The number of nitriles is 4. The standard InChI is InChI=1S/C88H52N4O2S7/c1-47-16-24-55(25-17-47)87(56-26-18-48(2)19-27-56)68-37-52-39-74(70-33-32-59(96-70)10-9-15-64-77(53(42-89)43-90)60-11-5-7-13-62(60)81(64)93)97-72(52)40-66(68)84-80(87)86-85(101-84)79-83(100-86)65-36-51-38-75(98-73(51)41-69(65)88(79,57-28-20-49(3)21-29-57)58-30-22-50(4)23-31-58)71-34-35-76(99-71)95-46-67-78(54(44-91)45-92)61-12-6-8-14-63(61)82(67)94/h5-8,11-41,46H,9-10H2,1-4H3/b64-15-,67-46-. The summed E-state index contributed by atoms with van der Waals surface area (Å²) in [5.41, 5.74) is 19.8. The van der Waals surface area contributed by atoms with Crippen molar-refractivity contribution in [2.24, 2.45) is 0 Å². The number of carbonyl (C=O) groups excluding carboxylic acids is 2. The van der Waals surface area contributed by atoms with E-state index in [1.54, 1.807) is 52.2 Å². The van der Waals surface area contributed by atoms with Gasteiger partial charge in [-0.2, -0.15) is 21.0 Å². The zero-order chi connectivity index (χ0) is 68.7. The molecule has 4 aliphatic rings. The van der Waals surface area contributed by atoms with Crippen molar-refractivity contribution < 1.29 is 9.59 Å². The van der Waals surface area contributed by atoms with E-state index in [-0.39, 0.29) is 22.7 Å². The van der Waals surface area contributed by atoms with E-state index < -0.39 is 10.8 Å². The molecule has 6 aromatic heterocycles. The average molecular weight is 1420 g/mol. The normalized spacial score (nSPS) is 15.0. The number of rotatable bonds is 11. The Labute approximate surface area is 611 Å². The van der Waals surface area contributed by atoms with Crippen molar-refractivity contribution in [3.63, 3.8) is 0 Å². The number of fused-ring (bicyclic) bond motifs is 13. The first-order valence-corrected chi connectivity index (χ1v) is 38.8. The Bertz CT molecular complexity index is 6170. The van der Waals surface area contributed by atoms with Gasteiger partial charge in [0.25, 0.3) is 0 Å². The van der Waals surface area contributed by atoms with Gasteiger partial charge in [-0.3, -0.25) is 9.59 Å². The predicted molar refractivity (Wildman–Crippen MR) is 419 cm³/mol. The first-order chi connectivity index (χ1) is 49.3. The topological polar surface area (TPSA) is 129 Å². The lowest BCUT2D eigenvalue weighted by Gasteiger charge is -2.34. The monoisotopic (exact) mass is 1420 g/mol. The highest BCUT2D eigenvalue weighted by Crippen LogP contribution is 2.69. The maximum absolute atomic E-state index is 13.8. The fraction of sp³-hybridized carbons (Fsp3) is 0.0909. The Kier molecular flexibility index (Phi) is 14.9. The van der Waals surface area contributed by atoms with Gasteiger partial charge in [-0.05, 0) is 173 Å². The molecule has 0 bridgehead atoms. The number of nitrogens with zero attached hydrogens (tertiary/aromatic N) is 4. The van der Waals surface area contributed by atoms with Crippen LogP contribution in [0.1, 0.15) is 110 Å². The predicted octanol–water partition coefficient (Wildman–Crippen LogP) is 24.0. The molecular weight excluding hydrogens is 1370 g/mol. The van der Waals surface area contributed by atoms with E-state index >= 15 is 0 Å². The molecule has 8 aromatic carbocycles. The van der Waals surface area contributed by atoms with Crippen LogP contribution in [0, 0.1) is 73.0 Å². The number of thiophene rings is 6. The van der Waals surface area contributed by atoms with E-state index in [4.69, 9.17) is 0 Å². The van der Waals surface area contributed by atoms with Gasteiger partial charge in [0.15, 0.2) is 11.6 Å². The van der Waals surface area contributed by atoms with E-state index in [9.17, 15) is 30.6 Å². The molecule has 0 radical (unpaired) electrons. The molecule has 0 N–H and O–H groups in total. The van der Waals surface area contributed by atoms with E-state index in [0.29, 0.717) is 57.4 Å². The molecule has 18 rings (SSSR count). The minimum Gasteiger partial charge on any atom is -0.289 e. The second-order valence-corrected chi connectivity index (χ2v) is 33.8. The van der Waals surface area contributed by atoms with Gasteiger partial charge in [0.05, 0.1) is 24.4 Å². The number of allylic oxidation sites excluding steroid dienone is 7. The quantitative estimate of drug-likeness (QED) is 0.0716. The highest BCUT2D eigenvalue weighted by atomic mass is 32.2. The third-order valence-corrected chi connectivity index (χ3v) is 28.9. The average Bonchev–Trinajstić information content (AvgIpc) is 1.49. The minimum absolute atomic E-state index is 0.0478. The zero-order valence-corrected chi connectivity index (χ0v) is 60.4. The van der Waals surface area contributed by atoms with Crippen LogP contribution in [0.2, 0.25) is 0 Å². The van der Waals surface area contributed by atoms with Gasteiger partial charge in [-0.15, -0.1) is 68.0 Å². The van der Waals surface area contributed by atoms with Crippen LogP contribution in [0.25, 0.3) is 81.1 Å². The Morgan fingerprint density at radius 2 is 0.842 bits per heavy atom. The summed E-state index contributed by atoms with van der Waals surface area (Å²) >= 11 is 12.5. The third kappa shape index (κ3) is 9.47. The van der Waals surface area contributed by atoms with Crippen LogP contribution in [0.5, 0.6) is 0 Å². The molecule has 0 atom stereocenters. The maximum Gasteiger partial charge on any atom is 0.194 e. The second-order valence-electron chi connectivity index (χ2n) is 26.2. The van der Waals surface area contributed by atoms with Crippen molar-refractivity contribution in [2.75, 3.05) is 0 Å². The minimum atomic E-state index is -0.705. The van der Waals surface area contributed by atoms with Crippen molar-refractivity contribution in [1.82, 2.24) is 0 Å². The second kappa shape index (κ2) is 24.0. The number of benzene rings is 8. The molecule has 13 heteroatoms. The molecule has 0 saturated heterocycles. The van der Waals surface area contributed by atoms with Gasteiger partial charge in [0.1, 0.15) is 35.4 Å². The summed E-state index contributed by atoms with van der Waals surface area (Å²) in [7, 11) is 0. The SMILES string of the molecule is Cc1ccc(C2(c3ccc(C)cc3)c3cc4cc(-c5ccc(CC/C=C6\C(=O)c7ccccc7C6=C(C#N)C#N)s5)sc4cc3-c3sc4c5c(sc4c32)-c2cc3cc(-c4ccc(S/C=C6\C(=O)c7ccccc7C6=C(C#N)C#N)s4)sc3cc2C5(c2ccc(C)cc2)c2ccc(C)cc2)cc1. The number of aryl methyl sites for hydroxylation is 5. The third-order valence-electron chi connectivity index (χ3n) is 20.4. The summed E-state index contributed by atoms with van der Waals surface area (Å²) in [6, 6.07) is 83.1. The summed E-state index contributed by atoms with van der Waals surface area (Å²) in [6.45, 7) is 8.70. The van der Waals surface area contributed by atoms with Crippen LogP contribution in [0.15, 0.2) is 244 Å². The highest BCUT2D eigenvalue weighted by molar-refractivity contribution is 8.04. The van der Waals surface area contributed by atoms with Crippen molar-refractivity contribution in [3.05, 3.63) is 334 Å². The fourth-order valence-corrected chi connectivity index (χ4v) is 24.3. The van der Waals surface area contributed by atoms with Gasteiger partial charge in [-0.1, -0.05) is 186 Å². The van der Waals surface area contributed by atoms with Crippen LogP contribution >= 0.6 is 79.8 Å². The molecule has 0 spiro atoms. The van der Waals surface area contributed by atoms with Gasteiger partial charge >= 0.3 is 0 Å². The Hall–Kier alpha value is -10.7. The molecule has 4 aliphatic carbocycles. The fourth-order valence-electron chi connectivity index (χ4n) is 15.8. The number of carbonyl (C=O) groups is 2. The largest absolute Gasteiger partial charge is 0.289 e. The van der Waals surface area contributed by atoms with E-state index in [1.807, 2.05) is 100 Å². The summed E-state index contributed by atoms with van der Waals surface area (Å²) in [6.07, 6.45) is 3.19. The molecule has 6 heterocycles. The van der Waals surface area contributed by atoms with Crippen molar-refractivity contribution in [3.8, 4) is 64.7 Å². The molecule has 0 saturated carbocycles. The van der Waals surface area contributed by atoms with Crippen LogP contribution < -0.4 is 0 Å². The molecule has 101 heavy (non-hydrogen) atoms. The van der Waals surface area contributed by atoms with Gasteiger partial charge < -0.3 is 0 Å². The Balaban J connectivity index is 0.786. The molecule has 14 aromatic rings. The molecule has 6 nitrogen and oxygen atoms in total. The lowest BCUT2D eigenvalue weighted by atomic mass is 9.66. The number of thioether (sulfide) groups is 1. The Morgan fingerprint density at radius 1 is 0.416 bits per heavy atom. The van der Waals surface area contributed by atoms with Crippen LogP contribution in [0.4, 0.5) is 0 Å². The van der Waals surface area contributed by atoms with Crippen LogP contribution in [-0.4, -0.2) is 11.6 Å². The van der Waals surface area contributed by atoms with Gasteiger partial charge in [-0.25, -0.2) is 0 Å². The summed E-state index contributed by atoms with van der Waals surface area (Å²) in [5, 5.41) is 44.0. The summed E-state index contributed by atoms with van der Waals surface area (Å²) in [4.78, 5) is 36.0. The maximum atomic E-state index is 13.8. The van der Waals surface area contributed by atoms with E-state index in [0.717, 1.165) is 14.0 Å². The zero-order valence-electron chi connectivity index (χ0n) is 54.7. The van der Waals surface area contributed by atoms with E-state index in [1.165, 1.54) is 144 Å². The molecular formula is C88H52N4O2S7. The van der Waals surface area contributed by atoms with Crippen molar-refractivity contribution in [2.45, 2.75) is 55.6 Å². The van der Waals surface area contributed by atoms with Gasteiger partial charge in [0, 0.05) is 88.1 Å². The first-order valence-electron chi connectivity index (χ1n) is 33.0. The van der Waals surface area contributed by atoms with Crippen LogP contribution in [0.3, 0.4) is 0 Å². The van der Waals surface area contributed by atoms with E-state index in [2.05, 4.69) is 185 Å². The number of hydrogen-bond donors (Lipinski definition) is 0. The van der Waals surface area contributed by atoms with Crippen molar-refractivity contribution in [1.29, 1.82) is 21.0 Å². The molecule has 0 fully saturated rings. The number of hydrogen-bond acceptors (Lipinski definition) is 13. The molecule has 0 aliphatic heterocycles. The smallest absolute Gasteiger partial charge is 0.194 e. The summed E-state index contributed by atoms with van der Waals surface area (Å²) < 4.78 is 6.03.